The molecule has 0 radical (unpaired) electrons. The Balaban J connectivity index is 4.45. The molecule has 0 amide bonds. The molecule has 0 aliphatic rings. The lowest BCUT2D eigenvalue weighted by atomic mass is 10.0. The maximum atomic E-state index is 12.8. The smallest absolute Gasteiger partial charge is 0.361 e. The molecule has 0 aromatic carbocycles. The van der Waals surface area contributed by atoms with Gasteiger partial charge in [0.2, 0.25) is 0 Å². The molecule has 0 spiro atoms. The van der Waals surface area contributed by atoms with Crippen LogP contribution in [-0.4, -0.2) is 87.4 Å². The Morgan fingerprint density at radius 1 is 0.534 bits per heavy atom. The molecule has 0 rings (SSSR count). The maximum Gasteiger partial charge on any atom is 0.361 e. The minimum Gasteiger partial charge on any atom is -0.477 e. The Labute approximate surface area is 355 Å². The Bertz CT molecular complexity index is 1140. The van der Waals surface area contributed by atoms with Crippen LogP contribution in [0.2, 0.25) is 0 Å². The average molecular weight is 817 g/mol. The Hall–Kier alpha value is -3.01. The molecule has 0 aromatic heterocycles. The topological polar surface area (TPSA) is 108 Å². The molecule has 0 heterocycles. The van der Waals surface area contributed by atoms with Gasteiger partial charge in [0.05, 0.1) is 34.4 Å². The summed E-state index contributed by atoms with van der Waals surface area (Å²) in [7, 11) is 5.94. The Morgan fingerprint density at radius 2 is 0.983 bits per heavy atom. The van der Waals surface area contributed by atoms with Crippen LogP contribution in [0.4, 0.5) is 0 Å². The van der Waals surface area contributed by atoms with Crippen LogP contribution >= 0.6 is 0 Å². The zero-order valence-electron chi connectivity index (χ0n) is 37.7. The molecule has 0 bridgehead atoms. The molecule has 58 heavy (non-hydrogen) atoms. The summed E-state index contributed by atoms with van der Waals surface area (Å²) in [5.74, 6) is -2.04. The third kappa shape index (κ3) is 41.2. The maximum absolute atomic E-state index is 12.8. The number of aliphatic carboxylic acids is 1. The van der Waals surface area contributed by atoms with Gasteiger partial charge >= 0.3 is 17.9 Å². The minimum atomic E-state index is -1.51. The van der Waals surface area contributed by atoms with E-state index in [2.05, 4.69) is 74.6 Å². The zero-order chi connectivity index (χ0) is 42.8. The number of carbonyl (C=O) groups excluding carboxylic acids is 2. The molecule has 1 N–H and O–H groups in total. The summed E-state index contributed by atoms with van der Waals surface area (Å²) in [5.41, 5.74) is 0. The number of quaternary nitrogens is 1. The van der Waals surface area contributed by atoms with E-state index in [9.17, 15) is 19.5 Å². The molecular weight excluding hydrogens is 731 g/mol. The number of rotatable bonds is 41. The van der Waals surface area contributed by atoms with Gasteiger partial charge in [-0.25, -0.2) is 4.79 Å². The fourth-order valence-electron chi connectivity index (χ4n) is 5.98. The molecule has 0 saturated heterocycles. The van der Waals surface area contributed by atoms with Crippen molar-refractivity contribution in [2.24, 2.45) is 0 Å². The highest BCUT2D eigenvalue weighted by molar-refractivity contribution is 5.71. The molecular formula is C49H86NO8+. The van der Waals surface area contributed by atoms with Crippen molar-refractivity contribution in [1.29, 1.82) is 0 Å². The quantitative estimate of drug-likeness (QED) is 0.0214. The number of carboxylic acids is 1. The second-order valence-electron chi connectivity index (χ2n) is 16.3. The summed E-state index contributed by atoms with van der Waals surface area (Å²) in [6, 6.07) is 0. The van der Waals surface area contributed by atoms with E-state index in [0.29, 0.717) is 23.9 Å². The molecule has 0 saturated carbocycles. The molecule has 0 fully saturated rings. The van der Waals surface area contributed by atoms with Crippen LogP contribution in [-0.2, 0) is 33.3 Å². The molecule has 2 atom stereocenters. The third-order valence-electron chi connectivity index (χ3n) is 9.54. The van der Waals surface area contributed by atoms with Crippen molar-refractivity contribution in [2.45, 2.75) is 187 Å². The van der Waals surface area contributed by atoms with E-state index in [4.69, 9.17) is 18.9 Å². The number of nitrogens with zero attached hydrogens (tertiary/aromatic N) is 1. The number of ether oxygens (including phenoxy) is 4. The lowest BCUT2D eigenvalue weighted by Crippen LogP contribution is -2.40. The highest BCUT2D eigenvalue weighted by atomic mass is 16.7. The summed E-state index contributed by atoms with van der Waals surface area (Å²) in [4.78, 5) is 37.1. The first-order valence-electron chi connectivity index (χ1n) is 23.0. The van der Waals surface area contributed by atoms with Gasteiger partial charge in [-0.15, -0.1) is 0 Å². The second kappa shape index (κ2) is 40.8. The van der Waals surface area contributed by atoms with E-state index in [0.717, 1.165) is 83.5 Å². The second-order valence-corrected chi connectivity index (χ2v) is 16.3. The monoisotopic (exact) mass is 817 g/mol. The molecule has 2 unspecified atom stereocenters. The first-order chi connectivity index (χ1) is 28.1. The number of unbranched alkanes of at least 4 members (excludes halogenated alkanes) is 16. The lowest BCUT2D eigenvalue weighted by Gasteiger charge is -2.25. The summed E-state index contributed by atoms with van der Waals surface area (Å²) in [6.45, 7) is 4.72. The van der Waals surface area contributed by atoms with Crippen LogP contribution in [0, 0.1) is 0 Å². The highest BCUT2D eigenvalue weighted by Gasteiger charge is 2.25. The largest absolute Gasteiger partial charge is 0.477 e. The van der Waals surface area contributed by atoms with Crippen LogP contribution in [0.25, 0.3) is 0 Å². The number of carboxylic acid groups (broad SMARTS) is 1. The van der Waals surface area contributed by atoms with Gasteiger partial charge in [-0.3, -0.25) is 9.59 Å². The first-order valence-corrected chi connectivity index (χ1v) is 23.0. The number of hydrogen-bond acceptors (Lipinski definition) is 7. The van der Waals surface area contributed by atoms with Gasteiger partial charge in [0.1, 0.15) is 13.2 Å². The van der Waals surface area contributed by atoms with E-state index < -0.39 is 24.3 Å². The summed E-state index contributed by atoms with van der Waals surface area (Å²) in [5, 5.41) is 9.63. The number of carbonyl (C=O) groups is 3. The van der Waals surface area contributed by atoms with Gasteiger partial charge in [0.15, 0.2) is 6.10 Å². The predicted molar refractivity (Wildman–Crippen MR) is 240 cm³/mol. The van der Waals surface area contributed by atoms with Crippen molar-refractivity contribution in [1.82, 2.24) is 0 Å². The Kier molecular flexibility index (Phi) is 38.6. The van der Waals surface area contributed by atoms with Crippen molar-refractivity contribution in [2.75, 3.05) is 47.5 Å². The van der Waals surface area contributed by atoms with Crippen molar-refractivity contribution in [3.63, 3.8) is 0 Å². The zero-order valence-corrected chi connectivity index (χ0v) is 37.7. The summed E-state index contributed by atoms with van der Waals surface area (Å²) in [6.07, 6.45) is 45.6. The molecule has 9 heteroatoms. The summed E-state index contributed by atoms with van der Waals surface area (Å²) < 4.78 is 22.7. The number of allylic oxidation sites excluding steroid dienone is 10. The van der Waals surface area contributed by atoms with Gasteiger partial charge in [-0.1, -0.05) is 164 Å². The molecule has 0 aliphatic carbocycles. The van der Waals surface area contributed by atoms with E-state index in [-0.39, 0.29) is 32.2 Å². The van der Waals surface area contributed by atoms with Crippen molar-refractivity contribution >= 4 is 17.9 Å². The normalized spacial score (nSPS) is 13.5. The number of likely N-dealkylation sites (N-methyl/N-ethyl adjacent to an activating group) is 1. The fourth-order valence-corrected chi connectivity index (χ4v) is 5.98. The van der Waals surface area contributed by atoms with E-state index in [1.165, 1.54) is 57.8 Å². The van der Waals surface area contributed by atoms with E-state index in [1.54, 1.807) is 0 Å². The Morgan fingerprint density at radius 3 is 1.47 bits per heavy atom. The predicted octanol–water partition coefficient (Wildman–Crippen LogP) is 12.2. The molecule has 334 valence electrons. The average Bonchev–Trinajstić information content (AvgIpc) is 3.18. The number of hydrogen-bond donors (Lipinski definition) is 1. The standard InChI is InChI=1S/C49H85NO8/c1-6-8-10-12-14-16-18-20-21-22-23-24-25-26-27-28-30-32-34-36-38-40-47(52)58-45(44-57-49(48(53)54)55-42-41-50(3,4)5)43-56-46(51)39-37-35-33-31-29-19-17-15-13-11-9-7-2/h8,10,14,16,20-21,23-24,26-27,45,49H,6-7,9,11-13,15,17-19,22,25,28-44H2,1-5H3/p+1/b10-8-,16-14-,21-20-,24-23-,27-26-. The van der Waals surface area contributed by atoms with Crippen LogP contribution in [0.5, 0.6) is 0 Å². The van der Waals surface area contributed by atoms with Crippen LogP contribution in [0.1, 0.15) is 174 Å². The molecule has 0 aromatic rings. The van der Waals surface area contributed by atoms with Crippen molar-refractivity contribution in [3.05, 3.63) is 60.8 Å². The third-order valence-corrected chi connectivity index (χ3v) is 9.54. The SMILES string of the molecule is CC/C=C\C/C=C\C/C=C\C/C=C\C/C=C\CCCCCCCC(=O)OC(COC(=O)CCCCCCCCCCCCCC)COC(OCC[N+](C)(C)C)C(=O)O. The lowest BCUT2D eigenvalue weighted by molar-refractivity contribution is -0.870. The van der Waals surface area contributed by atoms with Crippen LogP contribution < -0.4 is 0 Å². The molecule has 0 aliphatic heterocycles. The van der Waals surface area contributed by atoms with Gasteiger partial charge in [0.25, 0.3) is 6.29 Å². The van der Waals surface area contributed by atoms with Crippen LogP contribution in [0.15, 0.2) is 60.8 Å². The van der Waals surface area contributed by atoms with Gasteiger partial charge in [-0.2, -0.15) is 0 Å². The minimum absolute atomic E-state index is 0.182. The van der Waals surface area contributed by atoms with E-state index >= 15 is 0 Å². The van der Waals surface area contributed by atoms with Gasteiger partial charge in [-0.05, 0) is 57.8 Å². The first kappa shape index (κ1) is 55.0. The highest BCUT2D eigenvalue weighted by Crippen LogP contribution is 2.14. The number of esters is 2. The molecule has 9 nitrogen and oxygen atoms in total. The van der Waals surface area contributed by atoms with Gasteiger partial charge in [0, 0.05) is 12.8 Å². The summed E-state index contributed by atoms with van der Waals surface area (Å²) >= 11 is 0. The van der Waals surface area contributed by atoms with E-state index in [1.807, 2.05) is 21.1 Å². The van der Waals surface area contributed by atoms with Crippen molar-refractivity contribution < 1.29 is 42.9 Å². The fraction of sp³-hybridized carbons (Fsp3) is 0.735. The van der Waals surface area contributed by atoms with Gasteiger partial charge < -0.3 is 28.5 Å². The van der Waals surface area contributed by atoms with Crippen molar-refractivity contribution in [3.8, 4) is 0 Å². The van der Waals surface area contributed by atoms with Crippen LogP contribution in [0.3, 0.4) is 0 Å².